The Morgan fingerprint density at radius 3 is 2.37 bits per heavy atom. The molecule has 6 N–H and O–H groups in total. The first-order valence-corrected chi connectivity index (χ1v) is 11.2. The van der Waals surface area contributed by atoms with E-state index < -0.39 is 17.9 Å². The zero-order valence-electron chi connectivity index (χ0n) is 20.0. The third kappa shape index (κ3) is 6.44. The van der Waals surface area contributed by atoms with E-state index in [2.05, 4.69) is 15.3 Å². The highest BCUT2D eigenvalue weighted by atomic mass is 16.4. The molecular weight excluding hydrogens is 448 g/mol. The number of nitrogens with one attached hydrogen (secondary N) is 1. The van der Waals surface area contributed by atoms with Gasteiger partial charge in [-0.15, -0.1) is 0 Å². The van der Waals surface area contributed by atoms with E-state index in [0.29, 0.717) is 23.4 Å². The van der Waals surface area contributed by atoms with Crippen molar-refractivity contribution in [3.63, 3.8) is 0 Å². The zero-order valence-corrected chi connectivity index (χ0v) is 20.0. The van der Waals surface area contributed by atoms with E-state index in [1.165, 1.54) is 0 Å². The SMILES string of the molecule is CC(C)C(=O)CC[C@H](NC(=O)c1ccc(N(C)Cc2ccc3nc(N)nc(N)c3c2)cc1)C(=O)O. The number of nitrogens with two attached hydrogens (primary N) is 2. The van der Waals surface area contributed by atoms with Gasteiger partial charge in [0, 0.05) is 42.6 Å². The van der Waals surface area contributed by atoms with Crippen LogP contribution in [0.4, 0.5) is 17.5 Å². The Labute approximate surface area is 203 Å². The molecule has 0 fully saturated rings. The van der Waals surface area contributed by atoms with Crippen LogP contribution in [0.1, 0.15) is 42.6 Å². The third-order valence-electron chi connectivity index (χ3n) is 5.72. The number of rotatable bonds is 10. The Hall–Kier alpha value is -4.21. The number of carboxylic acids is 1. The molecule has 35 heavy (non-hydrogen) atoms. The molecule has 10 nitrogen and oxygen atoms in total. The quantitative estimate of drug-likeness (QED) is 0.343. The van der Waals surface area contributed by atoms with Crippen molar-refractivity contribution >= 4 is 46.0 Å². The number of aliphatic carboxylic acids is 1. The highest BCUT2D eigenvalue weighted by molar-refractivity contribution is 5.97. The van der Waals surface area contributed by atoms with E-state index in [9.17, 15) is 19.5 Å². The van der Waals surface area contributed by atoms with Crippen LogP contribution in [0.5, 0.6) is 0 Å². The summed E-state index contributed by atoms with van der Waals surface area (Å²) in [5, 5.41) is 12.6. The summed E-state index contributed by atoms with van der Waals surface area (Å²) in [6.07, 6.45) is 0.144. The molecule has 2 aromatic carbocycles. The maximum atomic E-state index is 12.6. The van der Waals surface area contributed by atoms with Gasteiger partial charge in [-0.1, -0.05) is 19.9 Å². The van der Waals surface area contributed by atoms with E-state index in [1.54, 1.807) is 38.1 Å². The molecular formula is C25H30N6O4. The molecule has 0 saturated heterocycles. The summed E-state index contributed by atoms with van der Waals surface area (Å²) in [5.41, 5.74) is 14.5. The van der Waals surface area contributed by atoms with E-state index in [1.807, 2.05) is 30.1 Å². The molecule has 0 aliphatic rings. The maximum Gasteiger partial charge on any atom is 0.326 e. The van der Waals surface area contributed by atoms with Crippen molar-refractivity contribution in [3.8, 4) is 0 Å². The molecule has 1 heterocycles. The first kappa shape index (κ1) is 25.4. The Bertz CT molecular complexity index is 1240. The number of fused-ring (bicyclic) bond motifs is 1. The molecule has 0 aliphatic heterocycles. The van der Waals surface area contributed by atoms with Crippen LogP contribution >= 0.6 is 0 Å². The van der Waals surface area contributed by atoms with E-state index in [4.69, 9.17) is 11.5 Å². The first-order chi connectivity index (χ1) is 16.5. The Kier molecular flexibility index (Phi) is 7.85. The standard InChI is InChI=1S/C25H30N6O4/c1-14(2)21(32)11-10-20(24(34)35)28-23(33)16-5-7-17(8-6-16)31(3)13-15-4-9-19-18(12-15)22(26)30-25(27)29-19/h4-9,12,14,20H,10-11,13H2,1-3H3,(H,28,33)(H,34,35)(H4,26,27,29,30)/t20-/m0/s1. The van der Waals surface area contributed by atoms with Crippen molar-refractivity contribution in [1.29, 1.82) is 0 Å². The first-order valence-electron chi connectivity index (χ1n) is 11.2. The smallest absolute Gasteiger partial charge is 0.326 e. The molecule has 0 unspecified atom stereocenters. The summed E-state index contributed by atoms with van der Waals surface area (Å²) in [5.74, 6) is -1.45. The number of aromatic nitrogens is 2. The molecule has 0 bridgehead atoms. The van der Waals surface area contributed by atoms with Gasteiger partial charge < -0.3 is 26.8 Å². The summed E-state index contributed by atoms with van der Waals surface area (Å²) >= 11 is 0. The number of carbonyl (C=O) groups excluding carboxylic acids is 2. The Morgan fingerprint density at radius 2 is 1.74 bits per heavy atom. The highest BCUT2D eigenvalue weighted by Crippen LogP contribution is 2.23. The second-order valence-corrected chi connectivity index (χ2v) is 8.75. The fourth-order valence-corrected chi connectivity index (χ4v) is 3.62. The van der Waals surface area contributed by atoms with Gasteiger partial charge in [0.1, 0.15) is 17.6 Å². The number of ketones is 1. The largest absolute Gasteiger partial charge is 0.480 e. The van der Waals surface area contributed by atoms with Gasteiger partial charge in [-0.05, 0) is 48.4 Å². The Balaban J connectivity index is 1.65. The molecule has 0 spiro atoms. The molecule has 1 atom stereocenters. The lowest BCUT2D eigenvalue weighted by Gasteiger charge is -2.20. The molecule has 1 aromatic heterocycles. The van der Waals surface area contributed by atoms with Gasteiger partial charge in [0.25, 0.3) is 5.91 Å². The number of Topliss-reactive ketones (excluding diaryl/α,β-unsaturated/α-hetero) is 1. The van der Waals surface area contributed by atoms with Crippen molar-refractivity contribution in [2.75, 3.05) is 23.4 Å². The zero-order chi connectivity index (χ0) is 25.7. The minimum Gasteiger partial charge on any atom is -0.480 e. The predicted octanol–water partition coefficient (Wildman–Crippen LogP) is 2.62. The molecule has 0 saturated carbocycles. The summed E-state index contributed by atoms with van der Waals surface area (Å²) in [7, 11) is 1.91. The van der Waals surface area contributed by atoms with Crippen molar-refractivity contribution in [2.45, 2.75) is 39.3 Å². The topological polar surface area (TPSA) is 165 Å². The summed E-state index contributed by atoms with van der Waals surface area (Å²) in [4.78, 5) is 46.1. The van der Waals surface area contributed by atoms with Gasteiger partial charge in [-0.3, -0.25) is 9.59 Å². The normalized spacial score (nSPS) is 11.9. The monoisotopic (exact) mass is 478 g/mol. The van der Waals surface area contributed by atoms with Crippen LogP contribution in [0, 0.1) is 5.92 Å². The maximum absolute atomic E-state index is 12.6. The van der Waals surface area contributed by atoms with Crippen LogP contribution < -0.4 is 21.7 Å². The molecule has 0 radical (unpaired) electrons. The minimum atomic E-state index is -1.17. The molecule has 1 amide bonds. The van der Waals surface area contributed by atoms with Gasteiger partial charge in [0.05, 0.1) is 5.52 Å². The average molecular weight is 479 g/mol. The van der Waals surface area contributed by atoms with Crippen molar-refractivity contribution in [2.24, 2.45) is 5.92 Å². The number of amides is 1. The van der Waals surface area contributed by atoms with Gasteiger partial charge in [0.2, 0.25) is 5.95 Å². The predicted molar refractivity (Wildman–Crippen MR) is 135 cm³/mol. The lowest BCUT2D eigenvalue weighted by atomic mass is 10.0. The van der Waals surface area contributed by atoms with Gasteiger partial charge in [-0.25, -0.2) is 9.78 Å². The number of hydrogen-bond acceptors (Lipinski definition) is 8. The number of carboxylic acid groups (broad SMARTS) is 1. The summed E-state index contributed by atoms with van der Waals surface area (Å²) < 4.78 is 0. The number of benzene rings is 2. The van der Waals surface area contributed by atoms with Gasteiger partial charge in [0.15, 0.2) is 0 Å². The highest BCUT2D eigenvalue weighted by Gasteiger charge is 2.22. The fourth-order valence-electron chi connectivity index (χ4n) is 3.62. The minimum absolute atomic E-state index is 0.0383. The molecule has 3 aromatic rings. The number of anilines is 3. The molecule has 0 aliphatic carbocycles. The van der Waals surface area contributed by atoms with E-state index in [-0.39, 0.29) is 30.5 Å². The number of carbonyl (C=O) groups is 3. The van der Waals surface area contributed by atoms with Crippen molar-refractivity contribution < 1.29 is 19.5 Å². The van der Waals surface area contributed by atoms with Gasteiger partial charge >= 0.3 is 5.97 Å². The van der Waals surface area contributed by atoms with Crippen molar-refractivity contribution in [1.82, 2.24) is 15.3 Å². The van der Waals surface area contributed by atoms with Crippen LogP contribution in [0.2, 0.25) is 0 Å². The van der Waals surface area contributed by atoms with E-state index in [0.717, 1.165) is 16.6 Å². The molecule has 3 rings (SSSR count). The van der Waals surface area contributed by atoms with Gasteiger partial charge in [-0.2, -0.15) is 4.98 Å². The summed E-state index contributed by atoms with van der Waals surface area (Å²) in [6.45, 7) is 4.08. The molecule has 10 heteroatoms. The third-order valence-corrected chi connectivity index (χ3v) is 5.72. The average Bonchev–Trinajstić information content (AvgIpc) is 2.81. The second-order valence-electron chi connectivity index (χ2n) is 8.75. The van der Waals surface area contributed by atoms with Crippen LogP contribution in [0.25, 0.3) is 10.9 Å². The number of hydrogen-bond donors (Lipinski definition) is 4. The van der Waals surface area contributed by atoms with Crippen LogP contribution in [-0.4, -0.2) is 45.8 Å². The van der Waals surface area contributed by atoms with Crippen LogP contribution in [-0.2, 0) is 16.1 Å². The van der Waals surface area contributed by atoms with E-state index >= 15 is 0 Å². The lowest BCUT2D eigenvalue weighted by molar-refractivity contribution is -0.139. The van der Waals surface area contributed by atoms with Crippen LogP contribution in [0.15, 0.2) is 42.5 Å². The number of nitrogen functional groups attached to an aromatic ring is 2. The summed E-state index contributed by atoms with van der Waals surface area (Å²) in [6, 6.07) is 11.4. The second kappa shape index (κ2) is 10.8. The lowest BCUT2D eigenvalue weighted by Crippen LogP contribution is -2.41. The van der Waals surface area contributed by atoms with Crippen LogP contribution in [0.3, 0.4) is 0 Å². The molecule has 184 valence electrons. The fraction of sp³-hybridized carbons (Fsp3) is 0.320. The number of nitrogens with zero attached hydrogens (tertiary/aromatic N) is 3. The van der Waals surface area contributed by atoms with Crippen molar-refractivity contribution in [3.05, 3.63) is 53.6 Å². The Morgan fingerprint density at radius 1 is 1.06 bits per heavy atom.